The third-order valence-corrected chi connectivity index (χ3v) is 1.61. The molecule has 0 saturated heterocycles. The Morgan fingerprint density at radius 1 is 1.25 bits per heavy atom. The molecule has 0 N–H and O–H groups in total. The zero-order valence-electron chi connectivity index (χ0n) is 7.00. The number of aryl methyl sites for hydroxylation is 2. The number of hydrogen-bond donors (Lipinski definition) is 0. The topological polar surface area (TPSA) is 18.5 Å². The van der Waals surface area contributed by atoms with Crippen LogP contribution in [0.3, 0.4) is 0 Å². The molecule has 0 aromatic heterocycles. The lowest BCUT2D eigenvalue weighted by molar-refractivity contribution is -0.0174. The number of rotatable bonds is 3. The maximum absolute atomic E-state index is 11.3. The van der Waals surface area contributed by atoms with E-state index in [9.17, 15) is 4.53 Å². The quantitative estimate of drug-likeness (QED) is 0.641. The Bertz CT molecular complexity index is 245. The van der Waals surface area contributed by atoms with Gasteiger partial charge in [-0.25, -0.2) is 4.86 Å². The van der Waals surface area contributed by atoms with E-state index in [-0.39, 0.29) is 0 Å². The standard InChI is InChI=1S/C8H9BFO2/c1-6-4-3-5-7(2)8(6)11-9-12-10/h3-5H,1-2H3. The molecule has 0 saturated carbocycles. The van der Waals surface area contributed by atoms with Crippen LogP contribution in [-0.4, -0.2) is 7.69 Å². The van der Waals surface area contributed by atoms with E-state index in [1.54, 1.807) is 0 Å². The fourth-order valence-electron chi connectivity index (χ4n) is 1.05. The molecule has 1 radical (unpaired) electrons. The Morgan fingerprint density at radius 2 is 1.83 bits per heavy atom. The molecular formula is C8H9BFO2. The molecule has 1 aromatic rings. The predicted octanol–water partition coefficient (Wildman–Crippen LogP) is 2.12. The number of halogens is 1. The predicted molar refractivity (Wildman–Crippen MR) is 44.5 cm³/mol. The van der Waals surface area contributed by atoms with Crippen molar-refractivity contribution in [2.45, 2.75) is 13.8 Å². The molecule has 2 nitrogen and oxygen atoms in total. The molecule has 1 aromatic carbocycles. The summed E-state index contributed by atoms with van der Waals surface area (Å²) in [5, 5.41) is 0. The highest BCUT2D eigenvalue weighted by molar-refractivity contribution is 6.19. The van der Waals surface area contributed by atoms with Gasteiger partial charge in [-0.2, -0.15) is 0 Å². The summed E-state index contributed by atoms with van der Waals surface area (Å²) in [6.07, 6.45) is 0. The van der Waals surface area contributed by atoms with Gasteiger partial charge in [0.15, 0.2) is 0 Å². The zero-order valence-corrected chi connectivity index (χ0v) is 7.00. The highest BCUT2D eigenvalue weighted by atomic mass is 19.3. The summed E-state index contributed by atoms with van der Waals surface area (Å²) in [4.78, 5) is 3.21. The molecule has 0 atom stereocenters. The second-order valence-corrected chi connectivity index (χ2v) is 2.52. The van der Waals surface area contributed by atoms with Crippen LogP contribution in [0.2, 0.25) is 0 Å². The van der Waals surface area contributed by atoms with Crippen LogP contribution >= 0.6 is 0 Å². The summed E-state index contributed by atoms with van der Waals surface area (Å²) in [5.41, 5.74) is 1.90. The lowest BCUT2D eigenvalue weighted by Gasteiger charge is -2.08. The van der Waals surface area contributed by atoms with Gasteiger partial charge in [-0.1, -0.05) is 22.7 Å². The van der Waals surface area contributed by atoms with Gasteiger partial charge < -0.3 is 4.65 Å². The van der Waals surface area contributed by atoms with E-state index in [0.717, 1.165) is 11.1 Å². The van der Waals surface area contributed by atoms with E-state index in [0.29, 0.717) is 13.4 Å². The summed E-state index contributed by atoms with van der Waals surface area (Å²) < 4.78 is 16.2. The van der Waals surface area contributed by atoms with Crippen LogP contribution in [-0.2, 0) is 4.86 Å². The summed E-state index contributed by atoms with van der Waals surface area (Å²) in [6.45, 7) is 3.77. The van der Waals surface area contributed by atoms with Crippen LogP contribution in [0.25, 0.3) is 0 Å². The van der Waals surface area contributed by atoms with Gasteiger partial charge >= 0.3 is 7.69 Å². The van der Waals surface area contributed by atoms with Gasteiger partial charge in [-0.15, -0.1) is 0 Å². The Hall–Kier alpha value is -1.03. The molecule has 0 amide bonds. The van der Waals surface area contributed by atoms with Crippen molar-refractivity contribution in [3.63, 3.8) is 0 Å². The van der Waals surface area contributed by atoms with Crippen LogP contribution in [0.1, 0.15) is 11.1 Å². The van der Waals surface area contributed by atoms with Crippen LogP contribution in [0, 0.1) is 13.8 Å². The molecule has 63 valence electrons. The van der Waals surface area contributed by atoms with E-state index in [4.69, 9.17) is 4.65 Å². The van der Waals surface area contributed by atoms with E-state index in [1.807, 2.05) is 32.0 Å². The first kappa shape index (κ1) is 9.07. The van der Waals surface area contributed by atoms with Gasteiger partial charge in [0.2, 0.25) is 0 Å². The number of benzene rings is 1. The third-order valence-electron chi connectivity index (χ3n) is 1.61. The summed E-state index contributed by atoms with van der Waals surface area (Å²) in [7, 11) is 0.662. The molecule has 0 aliphatic carbocycles. The molecule has 12 heavy (non-hydrogen) atoms. The molecule has 0 heterocycles. The van der Waals surface area contributed by atoms with Gasteiger partial charge in [0, 0.05) is 0 Å². The second kappa shape index (κ2) is 4.11. The SMILES string of the molecule is Cc1cccc(C)c1O[B]OF. The van der Waals surface area contributed by atoms with Crippen molar-refractivity contribution in [2.75, 3.05) is 0 Å². The number of para-hydroxylation sites is 1. The first-order chi connectivity index (χ1) is 5.75. The summed E-state index contributed by atoms with van der Waals surface area (Å²) >= 11 is 0. The highest BCUT2D eigenvalue weighted by Crippen LogP contribution is 2.21. The number of hydrogen-bond acceptors (Lipinski definition) is 2. The maximum atomic E-state index is 11.3. The van der Waals surface area contributed by atoms with Crippen molar-refractivity contribution < 1.29 is 14.0 Å². The van der Waals surface area contributed by atoms with E-state index >= 15 is 0 Å². The van der Waals surface area contributed by atoms with E-state index in [2.05, 4.69) is 4.86 Å². The fraction of sp³-hybridized carbons (Fsp3) is 0.250. The molecule has 1 rings (SSSR count). The van der Waals surface area contributed by atoms with Crippen LogP contribution < -0.4 is 4.65 Å². The van der Waals surface area contributed by atoms with Crippen molar-refractivity contribution in [3.8, 4) is 5.75 Å². The lowest BCUT2D eigenvalue weighted by atomic mass is 10.1. The maximum Gasteiger partial charge on any atom is 0.609 e. The molecule has 0 fully saturated rings. The summed E-state index contributed by atoms with van der Waals surface area (Å²) in [6, 6.07) is 5.68. The van der Waals surface area contributed by atoms with Crippen molar-refractivity contribution in [1.82, 2.24) is 0 Å². The van der Waals surface area contributed by atoms with Crippen LogP contribution in [0.5, 0.6) is 5.75 Å². The van der Waals surface area contributed by atoms with Crippen LogP contribution in [0.4, 0.5) is 4.53 Å². The van der Waals surface area contributed by atoms with Gasteiger partial charge in [0.05, 0.1) is 0 Å². The second-order valence-electron chi connectivity index (χ2n) is 2.52. The van der Waals surface area contributed by atoms with Crippen molar-refractivity contribution in [2.24, 2.45) is 0 Å². The van der Waals surface area contributed by atoms with E-state index in [1.165, 1.54) is 0 Å². The van der Waals surface area contributed by atoms with E-state index < -0.39 is 0 Å². The lowest BCUT2D eigenvalue weighted by Crippen LogP contribution is -2.04. The fourth-order valence-corrected chi connectivity index (χ4v) is 1.05. The minimum Gasteiger partial charge on any atom is -0.535 e. The molecular weight excluding hydrogens is 158 g/mol. The minimum atomic E-state index is 0.634. The Kier molecular flexibility index (Phi) is 3.11. The van der Waals surface area contributed by atoms with Gasteiger partial charge in [-0.05, 0) is 25.0 Å². The smallest absolute Gasteiger partial charge is 0.535 e. The van der Waals surface area contributed by atoms with Gasteiger partial charge in [0.25, 0.3) is 0 Å². The largest absolute Gasteiger partial charge is 0.609 e. The van der Waals surface area contributed by atoms with Crippen molar-refractivity contribution in [1.29, 1.82) is 0 Å². The van der Waals surface area contributed by atoms with Gasteiger partial charge in [0.1, 0.15) is 5.75 Å². The van der Waals surface area contributed by atoms with Gasteiger partial charge in [-0.3, -0.25) is 0 Å². The Morgan fingerprint density at radius 3 is 2.33 bits per heavy atom. The summed E-state index contributed by atoms with van der Waals surface area (Å²) in [5.74, 6) is 0.634. The highest BCUT2D eigenvalue weighted by Gasteiger charge is 2.04. The monoisotopic (exact) mass is 167 g/mol. The zero-order chi connectivity index (χ0) is 8.97. The molecule has 0 aliphatic heterocycles. The molecule has 0 unspecified atom stereocenters. The first-order valence-electron chi connectivity index (χ1n) is 3.57. The molecule has 0 spiro atoms. The Labute approximate surface area is 71.5 Å². The molecule has 0 bridgehead atoms. The molecule has 4 heteroatoms. The normalized spacial score (nSPS) is 9.58. The van der Waals surface area contributed by atoms with Crippen molar-refractivity contribution >= 4 is 7.69 Å². The minimum absolute atomic E-state index is 0.634. The van der Waals surface area contributed by atoms with Crippen LogP contribution in [0.15, 0.2) is 18.2 Å². The first-order valence-corrected chi connectivity index (χ1v) is 3.57. The average molecular weight is 167 g/mol. The third kappa shape index (κ3) is 1.98. The van der Waals surface area contributed by atoms with Crippen molar-refractivity contribution in [3.05, 3.63) is 29.3 Å². The molecule has 0 aliphatic rings. The average Bonchev–Trinajstić information content (AvgIpc) is 2.04. The Balaban J connectivity index is 2.81.